The Morgan fingerprint density at radius 1 is 1.19 bits per heavy atom. The number of nitrogen functional groups attached to an aromatic ring is 1. The molecule has 104 valence electrons. The first-order valence-corrected chi connectivity index (χ1v) is 6.57. The Balaban J connectivity index is 1.70. The summed E-state index contributed by atoms with van der Waals surface area (Å²) in [4.78, 5) is 8.48. The first kappa shape index (κ1) is 11.9. The molecule has 0 spiro atoms. The lowest BCUT2D eigenvalue weighted by atomic mass is 10.0. The molecule has 1 aliphatic rings. The van der Waals surface area contributed by atoms with Gasteiger partial charge in [0.05, 0.1) is 17.2 Å². The first-order chi connectivity index (χ1) is 10.3. The fourth-order valence-electron chi connectivity index (χ4n) is 2.44. The summed E-state index contributed by atoms with van der Waals surface area (Å²) in [6, 6.07) is 9.64. The predicted octanol–water partition coefficient (Wildman–Crippen LogP) is 2.24. The van der Waals surface area contributed by atoms with Crippen LogP contribution in [0.4, 0.5) is 5.69 Å². The van der Waals surface area contributed by atoms with Gasteiger partial charge < -0.3 is 15.0 Å². The Labute approximate surface area is 120 Å². The van der Waals surface area contributed by atoms with Crippen molar-refractivity contribution in [2.45, 2.75) is 5.92 Å². The molecule has 1 aliphatic heterocycles. The Hall–Kier alpha value is -2.89. The van der Waals surface area contributed by atoms with Crippen LogP contribution < -0.4 is 10.5 Å². The number of benzene rings is 1. The van der Waals surface area contributed by atoms with Crippen molar-refractivity contribution >= 4 is 5.69 Å². The van der Waals surface area contributed by atoms with Crippen LogP contribution in [0.2, 0.25) is 0 Å². The van der Waals surface area contributed by atoms with Crippen molar-refractivity contribution in [3.63, 3.8) is 0 Å². The quantitative estimate of drug-likeness (QED) is 0.774. The van der Waals surface area contributed by atoms with E-state index in [-0.39, 0.29) is 5.92 Å². The van der Waals surface area contributed by atoms with Crippen LogP contribution in [0.1, 0.15) is 17.3 Å². The fourth-order valence-corrected chi connectivity index (χ4v) is 2.44. The van der Waals surface area contributed by atoms with Gasteiger partial charge in [-0.25, -0.2) is 0 Å². The zero-order valence-electron chi connectivity index (χ0n) is 11.1. The van der Waals surface area contributed by atoms with E-state index >= 15 is 0 Å². The minimum atomic E-state index is -0.00674. The monoisotopic (exact) mass is 280 g/mol. The Bertz CT molecular complexity index is 800. The molecule has 2 N–H and O–H groups in total. The number of hydrogen-bond donors (Lipinski definition) is 1. The Morgan fingerprint density at radius 2 is 2.10 bits per heavy atom. The number of hydrogen-bond acceptors (Lipinski definition) is 6. The molecule has 1 unspecified atom stereocenters. The predicted molar refractivity (Wildman–Crippen MR) is 75.7 cm³/mol. The van der Waals surface area contributed by atoms with Crippen molar-refractivity contribution < 1.29 is 9.26 Å². The van der Waals surface area contributed by atoms with Crippen molar-refractivity contribution in [2.75, 3.05) is 12.3 Å². The molecule has 0 fully saturated rings. The summed E-state index contributed by atoms with van der Waals surface area (Å²) in [5, 5.41) is 4.07. The maximum Gasteiger partial charge on any atom is 0.259 e. The number of aromatic nitrogens is 3. The van der Waals surface area contributed by atoms with Gasteiger partial charge in [0, 0.05) is 18.0 Å². The van der Waals surface area contributed by atoms with Crippen LogP contribution in [-0.2, 0) is 0 Å². The summed E-state index contributed by atoms with van der Waals surface area (Å²) >= 11 is 0. The molecule has 6 heteroatoms. The number of nitrogens with zero attached hydrogens (tertiary/aromatic N) is 3. The lowest BCUT2D eigenvalue weighted by molar-refractivity contribution is 0.334. The summed E-state index contributed by atoms with van der Waals surface area (Å²) in [7, 11) is 0. The van der Waals surface area contributed by atoms with E-state index in [1.807, 2.05) is 24.3 Å². The normalized spacial score (nSPS) is 16.5. The fraction of sp³-hybridized carbons (Fsp3) is 0.133. The maximum absolute atomic E-state index is 5.72. The summed E-state index contributed by atoms with van der Waals surface area (Å²) in [5.41, 5.74) is 8.06. The minimum absolute atomic E-state index is 0.00674. The van der Waals surface area contributed by atoms with Crippen LogP contribution in [0.3, 0.4) is 0 Å². The van der Waals surface area contributed by atoms with Crippen molar-refractivity contribution in [1.82, 2.24) is 15.1 Å². The molecular formula is C15H12N4O2. The highest BCUT2D eigenvalue weighted by Crippen LogP contribution is 2.37. The van der Waals surface area contributed by atoms with Gasteiger partial charge in [-0.2, -0.15) is 4.98 Å². The molecule has 0 saturated heterocycles. The molecule has 3 aromatic rings. The van der Waals surface area contributed by atoms with E-state index < -0.39 is 0 Å². The second kappa shape index (κ2) is 4.59. The number of nitrogens with two attached hydrogens (primary N) is 1. The number of ether oxygens (including phenoxy) is 1. The zero-order chi connectivity index (χ0) is 14.2. The molecular weight excluding hydrogens is 268 g/mol. The molecule has 3 heterocycles. The SMILES string of the molecule is Nc1cncc(-c2nc(C3COc4ccccc43)no2)c1. The number of anilines is 1. The van der Waals surface area contributed by atoms with Gasteiger partial charge in [0.1, 0.15) is 12.4 Å². The highest BCUT2D eigenvalue weighted by molar-refractivity contribution is 5.57. The number of para-hydroxylation sites is 1. The van der Waals surface area contributed by atoms with E-state index in [0.29, 0.717) is 29.6 Å². The van der Waals surface area contributed by atoms with Crippen LogP contribution in [0.25, 0.3) is 11.5 Å². The Kier molecular flexibility index (Phi) is 2.60. The van der Waals surface area contributed by atoms with Crippen LogP contribution in [0.5, 0.6) is 5.75 Å². The Morgan fingerprint density at radius 3 is 3.00 bits per heavy atom. The topological polar surface area (TPSA) is 87.1 Å². The van der Waals surface area contributed by atoms with Gasteiger partial charge in [-0.05, 0) is 12.1 Å². The molecule has 2 aromatic heterocycles. The smallest absolute Gasteiger partial charge is 0.259 e. The molecule has 1 aromatic carbocycles. The van der Waals surface area contributed by atoms with E-state index in [1.165, 1.54) is 0 Å². The third kappa shape index (κ3) is 2.01. The van der Waals surface area contributed by atoms with Crippen LogP contribution in [0, 0.1) is 0 Å². The molecule has 4 rings (SSSR count). The summed E-state index contributed by atoms with van der Waals surface area (Å²) in [6.07, 6.45) is 3.22. The lowest BCUT2D eigenvalue weighted by Gasteiger charge is -2.01. The van der Waals surface area contributed by atoms with E-state index in [4.69, 9.17) is 15.0 Å². The lowest BCUT2D eigenvalue weighted by Crippen LogP contribution is -2.04. The van der Waals surface area contributed by atoms with Crippen LogP contribution >= 0.6 is 0 Å². The largest absolute Gasteiger partial charge is 0.492 e. The van der Waals surface area contributed by atoms with E-state index in [2.05, 4.69) is 15.1 Å². The molecule has 0 radical (unpaired) electrons. The maximum atomic E-state index is 5.72. The molecule has 0 amide bonds. The standard InChI is InChI=1S/C15H12N4O2/c16-10-5-9(6-17-7-10)15-18-14(19-21-15)12-8-20-13-4-2-1-3-11(12)13/h1-7,12H,8,16H2. The number of rotatable bonds is 2. The second-order valence-corrected chi connectivity index (χ2v) is 4.87. The average Bonchev–Trinajstić information content (AvgIpc) is 3.14. The molecule has 21 heavy (non-hydrogen) atoms. The zero-order valence-corrected chi connectivity index (χ0v) is 11.1. The van der Waals surface area contributed by atoms with Crippen molar-refractivity contribution in [1.29, 1.82) is 0 Å². The molecule has 0 saturated carbocycles. The first-order valence-electron chi connectivity index (χ1n) is 6.57. The number of fused-ring (bicyclic) bond motifs is 1. The van der Waals surface area contributed by atoms with Crippen molar-refractivity contribution in [2.24, 2.45) is 0 Å². The summed E-state index contributed by atoms with van der Waals surface area (Å²) in [6.45, 7) is 0.521. The van der Waals surface area contributed by atoms with E-state index in [1.54, 1.807) is 18.5 Å². The van der Waals surface area contributed by atoms with E-state index in [0.717, 1.165) is 11.3 Å². The minimum Gasteiger partial charge on any atom is -0.492 e. The van der Waals surface area contributed by atoms with Crippen LogP contribution in [0.15, 0.2) is 47.2 Å². The van der Waals surface area contributed by atoms with Gasteiger partial charge in [0.2, 0.25) is 0 Å². The molecule has 1 atom stereocenters. The van der Waals surface area contributed by atoms with Gasteiger partial charge in [-0.3, -0.25) is 4.98 Å². The second-order valence-electron chi connectivity index (χ2n) is 4.87. The van der Waals surface area contributed by atoms with Gasteiger partial charge in [0.25, 0.3) is 5.89 Å². The van der Waals surface area contributed by atoms with Crippen molar-refractivity contribution in [3.8, 4) is 17.2 Å². The van der Waals surface area contributed by atoms with Gasteiger partial charge >= 0.3 is 0 Å². The third-order valence-electron chi connectivity index (χ3n) is 3.46. The van der Waals surface area contributed by atoms with Gasteiger partial charge in [0.15, 0.2) is 5.82 Å². The average molecular weight is 280 g/mol. The number of pyridine rings is 1. The molecule has 0 aliphatic carbocycles. The third-order valence-corrected chi connectivity index (χ3v) is 3.46. The summed E-state index contributed by atoms with van der Waals surface area (Å²) in [5.74, 6) is 1.89. The van der Waals surface area contributed by atoms with Gasteiger partial charge in [-0.15, -0.1) is 0 Å². The van der Waals surface area contributed by atoms with E-state index in [9.17, 15) is 0 Å². The summed E-state index contributed by atoms with van der Waals surface area (Å²) < 4.78 is 11.0. The van der Waals surface area contributed by atoms with Crippen molar-refractivity contribution in [3.05, 3.63) is 54.1 Å². The molecule has 6 nitrogen and oxygen atoms in total. The highest BCUT2D eigenvalue weighted by Gasteiger charge is 2.29. The molecule has 0 bridgehead atoms. The highest BCUT2D eigenvalue weighted by atomic mass is 16.5. The van der Waals surface area contributed by atoms with Crippen LogP contribution in [-0.4, -0.2) is 21.7 Å². The van der Waals surface area contributed by atoms with Gasteiger partial charge in [-0.1, -0.05) is 23.4 Å².